The lowest BCUT2D eigenvalue weighted by molar-refractivity contribution is -0.906. The zero-order valence-corrected chi connectivity index (χ0v) is 13.7. The smallest absolute Gasteiger partial charge is 0.0978 e. The summed E-state index contributed by atoms with van der Waals surface area (Å²) in [6.07, 6.45) is 7.76. The molecular formula is C12H21I2N. The minimum atomic E-state index is 0. The average molecular weight is 433 g/mol. The summed E-state index contributed by atoms with van der Waals surface area (Å²) in [5.41, 5.74) is 0. The lowest BCUT2D eigenvalue weighted by atomic mass is 10.3. The zero-order valence-electron chi connectivity index (χ0n) is 9.20. The second-order valence-corrected chi connectivity index (χ2v) is 3.23. The molecule has 1 nitrogen and oxygen atoms in total. The largest absolute Gasteiger partial charge is 1.00 e. The first-order valence-corrected chi connectivity index (χ1v) is 4.53. The maximum atomic E-state index is 3.77. The van der Waals surface area contributed by atoms with Crippen LogP contribution in [-0.2, 0) is 0 Å². The Hall–Kier alpha value is 0.380. The van der Waals surface area contributed by atoms with Crippen molar-refractivity contribution in [3.8, 4) is 0 Å². The molecule has 0 heterocycles. The highest BCUT2D eigenvalue weighted by atomic mass is 127. The minimum absolute atomic E-state index is 0. The van der Waals surface area contributed by atoms with Gasteiger partial charge >= 0.3 is 0 Å². The van der Waals surface area contributed by atoms with Gasteiger partial charge in [-0.1, -0.05) is 26.3 Å². The van der Waals surface area contributed by atoms with Crippen LogP contribution in [-0.4, -0.2) is 30.7 Å². The number of quaternary nitrogens is 1. The fourth-order valence-corrected chi connectivity index (χ4v) is 1.54. The SMILES string of the molecule is C=CC[N+](CC=C)(CC=C)CC=C.I.[I-]. The van der Waals surface area contributed by atoms with Gasteiger partial charge in [0.25, 0.3) is 0 Å². The van der Waals surface area contributed by atoms with Gasteiger partial charge < -0.3 is 28.5 Å². The molecule has 0 aliphatic heterocycles. The molecule has 0 fully saturated rings. The Bertz CT molecular complexity index is 154. The van der Waals surface area contributed by atoms with E-state index in [1.54, 1.807) is 0 Å². The van der Waals surface area contributed by atoms with Crippen LogP contribution in [0.5, 0.6) is 0 Å². The highest BCUT2D eigenvalue weighted by Gasteiger charge is 2.20. The molecule has 0 radical (unpaired) electrons. The van der Waals surface area contributed by atoms with E-state index in [2.05, 4.69) is 26.3 Å². The van der Waals surface area contributed by atoms with Crippen molar-refractivity contribution in [1.29, 1.82) is 0 Å². The van der Waals surface area contributed by atoms with E-state index in [-0.39, 0.29) is 48.0 Å². The Morgan fingerprint density at radius 3 is 1.00 bits per heavy atom. The van der Waals surface area contributed by atoms with Gasteiger partial charge in [0, 0.05) is 0 Å². The van der Waals surface area contributed by atoms with Crippen molar-refractivity contribution in [1.82, 2.24) is 0 Å². The van der Waals surface area contributed by atoms with Crippen LogP contribution in [0.3, 0.4) is 0 Å². The predicted octanol–water partition coefficient (Wildman–Crippen LogP) is 0.169. The molecule has 15 heavy (non-hydrogen) atoms. The molecule has 0 spiro atoms. The van der Waals surface area contributed by atoms with Crippen molar-refractivity contribution in [2.24, 2.45) is 0 Å². The molecule has 0 aromatic carbocycles. The third-order valence-electron chi connectivity index (χ3n) is 2.07. The third kappa shape index (κ3) is 8.21. The predicted molar refractivity (Wildman–Crippen MR) is 75.9 cm³/mol. The first-order chi connectivity index (χ1) is 6.24. The topological polar surface area (TPSA) is 0 Å². The number of rotatable bonds is 8. The molecule has 0 aromatic heterocycles. The lowest BCUT2D eigenvalue weighted by Crippen LogP contribution is -3.00. The molecule has 0 saturated heterocycles. The second-order valence-electron chi connectivity index (χ2n) is 3.23. The summed E-state index contributed by atoms with van der Waals surface area (Å²) in [7, 11) is 0. The number of halogens is 2. The minimum Gasteiger partial charge on any atom is -1.00 e. The summed E-state index contributed by atoms with van der Waals surface area (Å²) in [6, 6.07) is 0. The fourth-order valence-electron chi connectivity index (χ4n) is 1.54. The number of hydrogen-bond donors (Lipinski definition) is 0. The van der Waals surface area contributed by atoms with Gasteiger partial charge in [-0.3, -0.25) is 0 Å². The van der Waals surface area contributed by atoms with Crippen molar-refractivity contribution in [3.63, 3.8) is 0 Å². The molecule has 3 heteroatoms. The Balaban J connectivity index is -0.000000720. The zero-order chi connectivity index (χ0) is 10.2. The molecule has 0 amide bonds. The van der Waals surface area contributed by atoms with Gasteiger partial charge in [0.1, 0.15) is 0 Å². The summed E-state index contributed by atoms with van der Waals surface area (Å²) in [5, 5.41) is 0. The van der Waals surface area contributed by atoms with Gasteiger partial charge in [0.2, 0.25) is 0 Å². The molecule has 0 atom stereocenters. The third-order valence-corrected chi connectivity index (χ3v) is 2.07. The van der Waals surface area contributed by atoms with E-state index in [0.717, 1.165) is 30.7 Å². The monoisotopic (exact) mass is 433 g/mol. The Morgan fingerprint density at radius 2 is 0.867 bits per heavy atom. The van der Waals surface area contributed by atoms with E-state index in [9.17, 15) is 0 Å². The van der Waals surface area contributed by atoms with Crippen molar-refractivity contribution in [3.05, 3.63) is 50.6 Å². The molecule has 0 aliphatic rings. The van der Waals surface area contributed by atoms with E-state index in [1.807, 2.05) is 24.3 Å². The van der Waals surface area contributed by atoms with Gasteiger partial charge in [-0.15, -0.1) is 24.0 Å². The van der Waals surface area contributed by atoms with Crippen LogP contribution in [0.2, 0.25) is 0 Å². The second kappa shape index (κ2) is 12.4. The first-order valence-electron chi connectivity index (χ1n) is 4.53. The van der Waals surface area contributed by atoms with Crippen molar-refractivity contribution in [2.75, 3.05) is 26.2 Å². The Labute approximate surface area is 128 Å². The summed E-state index contributed by atoms with van der Waals surface area (Å²) in [4.78, 5) is 0. The maximum absolute atomic E-state index is 3.77. The van der Waals surface area contributed by atoms with Crippen LogP contribution in [0.4, 0.5) is 0 Å². The number of nitrogens with zero attached hydrogens (tertiary/aromatic N) is 1. The summed E-state index contributed by atoms with van der Waals surface area (Å²) in [6.45, 7) is 18.8. The average Bonchev–Trinajstić information content (AvgIpc) is 2.06. The first kappa shape index (κ1) is 20.8. The van der Waals surface area contributed by atoms with Crippen molar-refractivity contribution < 1.29 is 28.5 Å². The van der Waals surface area contributed by atoms with Crippen LogP contribution in [0, 0.1) is 0 Å². The van der Waals surface area contributed by atoms with Crippen LogP contribution in [0.15, 0.2) is 50.6 Å². The molecule has 0 bridgehead atoms. The van der Waals surface area contributed by atoms with Crippen LogP contribution < -0.4 is 24.0 Å². The summed E-state index contributed by atoms with van der Waals surface area (Å²) < 4.78 is 0.903. The fraction of sp³-hybridized carbons (Fsp3) is 0.333. The normalized spacial score (nSPS) is 9.07. The highest BCUT2D eigenvalue weighted by Crippen LogP contribution is 2.07. The van der Waals surface area contributed by atoms with Gasteiger partial charge in [-0.05, 0) is 24.3 Å². The quantitative estimate of drug-likeness (QED) is 0.291. The molecule has 0 N–H and O–H groups in total. The molecule has 0 saturated carbocycles. The van der Waals surface area contributed by atoms with E-state index in [4.69, 9.17) is 0 Å². The van der Waals surface area contributed by atoms with Crippen LogP contribution in [0.25, 0.3) is 0 Å². The molecule has 0 unspecified atom stereocenters. The Kier molecular flexibility index (Phi) is 17.2. The molecule has 0 aliphatic carbocycles. The van der Waals surface area contributed by atoms with E-state index >= 15 is 0 Å². The van der Waals surface area contributed by atoms with Crippen LogP contribution in [0.1, 0.15) is 0 Å². The highest BCUT2D eigenvalue weighted by molar-refractivity contribution is 14.0. The number of hydrogen-bond acceptors (Lipinski definition) is 0. The van der Waals surface area contributed by atoms with Gasteiger partial charge in [0.15, 0.2) is 0 Å². The van der Waals surface area contributed by atoms with Gasteiger partial charge in [0.05, 0.1) is 26.2 Å². The van der Waals surface area contributed by atoms with Crippen molar-refractivity contribution >= 4 is 24.0 Å². The van der Waals surface area contributed by atoms with Gasteiger partial charge in [-0.2, -0.15) is 0 Å². The summed E-state index contributed by atoms with van der Waals surface area (Å²) in [5.74, 6) is 0. The lowest BCUT2D eigenvalue weighted by Gasteiger charge is -2.35. The van der Waals surface area contributed by atoms with E-state index in [1.165, 1.54) is 0 Å². The Morgan fingerprint density at radius 1 is 0.667 bits per heavy atom. The van der Waals surface area contributed by atoms with E-state index < -0.39 is 0 Å². The van der Waals surface area contributed by atoms with Crippen LogP contribution >= 0.6 is 24.0 Å². The maximum Gasteiger partial charge on any atom is 0.0978 e. The van der Waals surface area contributed by atoms with Gasteiger partial charge in [-0.25, -0.2) is 0 Å². The van der Waals surface area contributed by atoms with E-state index in [0.29, 0.717) is 0 Å². The molecule has 0 aromatic rings. The molecular weight excluding hydrogens is 412 g/mol. The molecule has 0 rings (SSSR count). The standard InChI is InChI=1S/C12H20N.2HI/c1-5-9-13(10-6-2,11-7-3)12-8-4;;/h5-8H,1-4,9-12H2;2*1H/q+1;;/p-1. The van der Waals surface area contributed by atoms with Crippen molar-refractivity contribution in [2.45, 2.75) is 0 Å². The molecule has 88 valence electrons. The summed E-state index contributed by atoms with van der Waals surface area (Å²) >= 11 is 0.